The first-order valence-corrected chi connectivity index (χ1v) is 26.0. The molecule has 3 aromatic heterocycles. The second-order valence-corrected chi connectivity index (χ2v) is 21.3. The summed E-state index contributed by atoms with van der Waals surface area (Å²) in [6, 6.07) is 15.8. The van der Waals surface area contributed by atoms with Crippen molar-refractivity contribution < 1.29 is 29.0 Å². The van der Waals surface area contributed by atoms with Crippen molar-refractivity contribution in [3.8, 4) is 17.1 Å². The molecule has 6 aliphatic rings. The van der Waals surface area contributed by atoms with E-state index < -0.39 is 0 Å². The molecule has 2 saturated heterocycles. The summed E-state index contributed by atoms with van der Waals surface area (Å²) in [6.07, 6.45) is 13.2. The number of hydrogen-bond acceptors (Lipinski definition) is 13. The van der Waals surface area contributed by atoms with Crippen LogP contribution in [0.2, 0.25) is 0 Å². The molecule has 11 rings (SSSR count). The van der Waals surface area contributed by atoms with Crippen LogP contribution in [0.25, 0.3) is 11.3 Å². The molecule has 5 aromatic rings. The van der Waals surface area contributed by atoms with Crippen LogP contribution < -0.4 is 30.1 Å². The number of ether oxygens (including phenoxy) is 1. The van der Waals surface area contributed by atoms with Crippen molar-refractivity contribution in [3.05, 3.63) is 107 Å². The number of imide groups is 1. The van der Waals surface area contributed by atoms with Gasteiger partial charge in [-0.1, -0.05) is 45.8 Å². The first-order valence-electron chi connectivity index (χ1n) is 26.0. The average Bonchev–Trinajstić information content (AvgIpc) is 4.00. The number of benzene rings is 2. The molecule has 2 aromatic carbocycles. The van der Waals surface area contributed by atoms with Crippen molar-refractivity contribution in [2.24, 2.45) is 5.41 Å². The number of carbonyl (C=O) groups is 4. The number of rotatable bonds is 12. The van der Waals surface area contributed by atoms with Gasteiger partial charge in [0.25, 0.3) is 23.6 Å². The molecule has 0 bridgehead atoms. The minimum atomic E-state index is -0.382. The van der Waals surface area contributed by atoms with E-state index in [2.05, 4.69) is 67.2 Å². The van der Waals surface area contributed by atoms with Crippen LogP contribution in [0.5, 0.6) is 5.88 Å². The number of pyridine rings is 1. The molecule has 0 radical (unpaired) electrons. The number of aliphatic hydroxyl groups is 1. The highest BCUT2D eigenvalue weighted by molar-refractivity contribution is 6.24. The van der Waals surface area contributed by atoms with Gasteiger partial charge in [-0.3, -0.25) is 33.9 Å². The minimum absolute atomic E-state index is 0.00742. The number of anilines is 6. The number of hydrogen-bond donors (Lipinski definition) is 3. The van der Waals surface area contributed by atoms with E-state index in [0.717, 1.165) is 102 Å². The minimum Gasteiger partial charge on any atom is -0.478 e. The topological polar surface area (TPSA) is 182 Å². The Hall–Kier alpha value is -7.11. The lowest BCUT2D eigenvalue weighted by Gasteiger charge is -2.47. The van der Waals surface area contributed by atoms with Crippen LogP contribution in [0.1, 0.15) is 114 Å². The van der Waals surface area contributed by atoms with Crippen LogP contribution in [0.3, 0.4) is 0 Å². The summed E-state index contributed by atoms with van der Waals surface area (Å²) in [5, 5.41) is 17.3. The summed E-state index contributed by atoms with van der Waals surface area (Å²) in [5.41, 5.74) is 8.85. The van der Waals surface area contributed by atoms with E-state index >= 15 is 0 Å². The van der Waals surface area contributed by atoms with E-state index in [4.69, 9.17) is 9.72 Å². The molecule has 17 nitrogen and oxygen atoms in total. The first kappa shape index (κ1) is 48.2. The van der Waals surface area contributed by atoms with Gasteiger partial charge < -0.3 is 34.8 Å². The molecule has 0 unspecified atom stereocenters. The highest BCUT2D eigenvalue weighted by atomic mass is 16.5. The second kappa shape index (κ2) is 19.4. The maximum absolute atomic E-state index is 14.1. The standard InChI is InChI=1S/C56H65N11O6/c1-6-48(69)60-42-28-36(59-50-52(73-5)58-31-43(61-50)39-17-20-57-51(41(39)33-68)66-26-25-65-46(54(66)71)27-35-29-56(3,4)30-47(35)65)15-16-44(42)64-24-23-63(32-34(64)2)37-18-21-62(22-19-37)45-14-10-13-40-49(45)55(72)67(53(40)70)38-11-8-7-9-12-38/h6,10,13-17,20,27-28,31,34,37-38,68H,1,7-9,11-12,18-19,21-26,29-30,32-33H2,2-5H3,(H,59,61)(H,60,69)/t34-/m0/s1. The van der Waals surface area contributed by atoms with Crippen LogP contribution in [-0.4, -0.2) is 123 Å². The second-order valence-electron chi connectivity index (χ2n) is 21.3. The van der Waals surface area contributed by atoms with E-state index in [1.165, 1.54) is 24.4 Å². The van der Waals surface area contributed by atoms with Gasteiger partial charge in [-0.15, -0.1) is 0 Å². The number of aromatic nitrogens is 4. The van der Waals surface area contributed by atoms with Gasteiger partial charge in [-0.2, -0.15) is 0 Å². The Labute approximate surface area is 426 Å². The van der Waals surface area contributed by atoms with Gasteiger partial charge in [-0.25, -0.2) is 15.0 Å². The maximum atomic E-state index is 14.1. The maximum Gasteiger partial charge on any atom is 0.276 e. The average molecular weight is 988 g/mol. The highest BCUT2D eigenvalue weighted by Gasteiger charge is 2.43. The predicted molar refractivity (Wildman–Crippen MR) is 281 cm³/mol. The molecule has 4 aliphatic heterocycles. The van der Waals surface area contributed by atoms with Gasteiger partial charge in [-0.05, 0) is 105 Å². The third-order valence-electron chi connectivity index (χ3n) is 16.1. The molecule has 4 amide bonds. The summed E-state index contributed by atoms with van der Waals surface area (Å²) in [5.74, 6) is 0.171. The Morgan fingerprint density at radius 2 is 1.68 bits per heavy atom. The largest absolute Gasteiger partial charge is 0.478 e. The monoisotopic (exact) mass is 988 g/mol. The van der Waals surface area contributed by atoms with Crippen molar-refractivity contribution in [1.82, 2.24) is 29.3 Å². The molecule has 3 fully saturated rings. The molecule has 7 heterocycles. The first-order chi connectivity index (χ1) is 35.3. The van der Waals surface area contributed by atoms with Crippen LogP contribution in [0, 0.1) is 5.41 Å². The van der Waals surface area contributed by atoms with Gasteiger partial charge in [0.05, 0.1) is 53.8 Å². The molecule has 17 heteroatoms. The molecular formula is C56H65N11O6. The number of fused-ring (bicyclic) bond motifs is 4. The van der Waals surface area contributed by atoms with Crippen LogP contribution in [0.4, 0.5) is 34.4 Å². The van der Waals surface area contributed by atoms with Gasteiger partial charge in [0.15, 0.2) is 5.82 Å². The van der Waals surface area contributed by atoms with Crippen LogP contribution in [-0.2, 0) is 30.8 Å². The Kier molecular flexibility index (Phi) is 12.8. The van der Waals surface area contributed by atoms with Crippen molar-refractivity contribution in [2.45, 2.75) is 110 Å². The molecule has 2 aliphatic carbocycles. The van der Waals surface area contributed by atoms with E-state index in [9.17, 15) is 24.3 Å². The van der Waals surface area contributed by atoms with Crippen molar-refractivity contribution in [3.63, 3.8) is 0 Å². The molecular weight excluding hydrogens is 923 g/mol. The lowest BCUT2D eigenvalue weighted by atomic mass is 9.90. The normalized spacial score (nSPS) is 20.3. The Bertz CT molecular complexity index is 3030. The zero-order valence-electron chi connectivity index (χ0n) is 42.3. The summed E-state index contributed by atoms with van der Waals surface area (Å²) >= 11 is 0. The summed E-state index contributed by atoms with van der Waals surface area (Å²) in [4.78, 5) is 79.1. The van der Waals surface area contributed by atoms with Crippen LogP contribution in [0.15, 0.2) is 73.6 Å². The highest BCUT2D eigenvalue weighted by Crippen LogP contribution is 2.42. The molecule has 1 atom stereocenters. The quantitative estimate of drug-likeness (QED) is 0.0822. The lowest BCUT2D eigenvalue weighted by molar-refractivity contribution is -0.111. The fourth-order valence-electron chi connectivity index (χ4n) is 12.6. The smallest absolute Gasteiger partial charge is 0.276 e. The summed E-state index contributed by atoms with van der Waals surface area (Å²) in [6.45, 7) is 15.1. The molecule has 380 valence electrons. The van der Waals surface area contributed by atoms with Gasteiger partial charge in [0.1, 0.15) is 11.5 Å². The number of methoxy groups -OCH3 is 1. The third kappa shape index (κ3) is 8.79. The van der Waals surface area contributed by atoms with Crippen molar-refractivity contribution >= 4 is 58.0 Å². The number of amides is 4. The number of nitrogens with one attached hydrogen (secondary N) is 2. The Balaban J connectivity index is 0.780. The number of aliphatic hydroxyl groups excluding tert-OH is 1. The van der Waals surface area contributed by atoms with E-state index in [0.29, 0.717) is 75.8 Å². The summed E-state index contributed by atoms with van der Waals surface area (Å²) < 4.78 is 7.83. The fraction of sp³-hybridized carbons (Fsp3) is 0.446. The number of piperazine rings is 1. The third-order valence-corrected chi connectivity index (χ3v) is 16.1. The Morgan fingerprint density at radius 1 is 0.877 bits per heavy atom. The molecule has 73 heavy (non-hydrogen) atoms. The van der Waals surface area contributed by atoms with Gasteiger partial charge >= 0.3 is 0 Å². The molecule has 3 N–H and O–H groups in total. The Morgan fingerprint density at radius 3 is 2.44 bits per heavy atom. The zero-order valence-corrected chi connectivity index (χ0v) is 42.3. The van der Waals surface area contributed by atoms with Crippen molar-refractivity contribution in [2.75, 3.05) is 71.7 Å². The number of carbonyl (C=O) groups excluding carboxylic acids is 4. The van der Waals surface area contributed by atoms with E-state index in [1.54, 1.807) is 28.3 Å². The van der Waals surface area contributed by atoms with Gasteiger partial charge in [0, 0.05) is 92.6 Å². The van der Waals surface area contributed by atoms with Crippen LogP contribution >= 0.6 is 0 Å². The van der Waals surface area contributed by atoms with E-state index in [1.807, 2.05) is 42.5 Å². The predicted octanol–water partition coefficient (Wildman–Crippen LogP) is 7.60. The van der Waals surface area contributed by atoms with E-state index in [-0.39, 0.29) is 53.6 Å². The molecule has 1 saturated carbocycles. The number of piperidine rings is 1. The van der Waals surface area contributed by atoms with Gasteiger partial charge in [0.2, 0.25) is 5.91 Å². The summed E-state index contributed by atoms with van der Waals surface area (Å²) in [7, 11) is 1.51. The lowest BCUT2D eigenvalue weighted by Crippen LogP contribution is -2.57. The molecule has 0 spiro atoms. The SMILES string of the molecule is C=CC(=O)Nc1cc(Nc2nc(-c3ccnc(N4CCn5c(cc6c5CC(C)(C)C6)C4=O)c3CO)cnc2OC)ccc1N1CCN(C2CCN(c3cccc4c3C(=O)N(C3CCCCC3)C4=O)CC2)C[C@@H]1C. The number of nitrogens with zero attached hydrogens (tertiary/aromatic N) is 9. The fourth-order valence-corrected chi connectivity index (χ4v) is 12.6. The van der Waals surface area contributed by atoms with Crippen molar-refractivity contribution in [1.29, 1.82) is 0 Å². The zero-order chi connectivity index (χ0) is 50.7.